The summed E-state index contributed by atoms with van der Waals surface area (Å²) in [6.07, 6.45) is -0.0188. The van der Waals surface area contributed by atoms with Gasteiger partial charge in [-0.3, -0.25) is 9.59 Å². The second-order valence-corrected chi connectivity index (χ2v) is 3.73. The molecule has 0 aliphatic heterocycles. The largest absolute Gasteiger partial charge is 0.481 e. The predicted molar refractivity (Wildman–Crippen MR) is 56.7 cm³/mol. The van der Waals surface area contributed by atoms with E-state index in [0.29, 0.717) is 12.3 Å². The fourth-order valence-corrected chi connectivity index (χ4v) is 1.20. The quantitative estimate of drug-likeness (QED) is 0.791. The average molecular weight is 225 g/mol. The summed E-state index contributed by atoms with van der Waals surface area (Å²) in [7, 11) is 0. The zero-order chi connectivity index (χ0) is 12.1. The second-order valence-electron chi connectivity index (χ2n) is 3.73. The van der Waals surface area contributed by atoms with Gasteiger partial charge < -0.3 is 14.8 Å². The standard InChI is InChI=1S/C11H15NO4/c1-7(11(14)15)5-10(13)12-6-9-4-3-8(2)16-9/h3-4,7H,5-6H2,1-2H3,(H,12,13)(H,14,15). The van der Waals surface area contributed by atoms with Gasteiger partial charge in [-0.15, -0.1) is 0 Å². The number of carboxylic acid groups (broad SMARTS) is 1. The summed E-state index contributed by atoms with van der Waals surface area (Å²) in [6.45, 7) is 3.61. The van der Waals surface area contributed by atoms with Gasteiger partial charge in [0.05, 0.1) is 12.5 Å². The van der Waals surface area contributed by atoms with Crippen LogP contribution in [-0.4, -0.2) is 17.0 Å². The van der Waals surface area contributed by atoms with Crippen LogP contribution in [0.25, 0.3) is 0 Å². The fraction of sp³-hybridized carbons (Fsp3) is 0.455. The smallest absolute Gasteiger partial charge is 0.306 e. The first-order valence-electron chi connectivity index (χ1n) is 5.04. The van der Waals surface area contributed by atoms with Crippen LogP contribution in [0.1, 0.15) is 24.9 Å². The monoisotopic (exact) mass is 225 g/mol. The maximum Gasteiger partial charge on any atom is 0.306 e. The normalized spacial score (nSPS) is 12.1. The van der Waals surface area contributed by atoms with Gasteiger partial charge >= 0.3 is 5.97 Å². The highest BCUT2D eigenvalue weighted by Gasteiger charge is 2.15. The third kappa shape index (κ3) is 3.76. The molecule has 0 spiro atoms. The molecule has 0 fully saturated rings. The Morgan fingerprint density at radius 2 is 2.19 bits per heavy atom. The van der Waals surface area contributed by atoms with Crippen LogP contribution < -0.4 is 5.32 Å². The van der Waals surface area contributed by atoms with E-state index in [-0.39, 0.29) is 12.3 Å². The lowest BCUT2D eigenvalue weighted by molar-refractivity contribution is -0.143. The number of nitrogens with one attached hydrogen (secondary N) is 1. The SMILES string of the molecule is Cc1ccc(CNC(=O)CC(C)C(=O)O)o1. The van der Waals surface area contributed by atoms with Gasteiger partial charge in [0.1, 0.15) is 11.5 Å². The number of amides is 1. The third-order valence-electron chi connectivity index (χ3n) is 2.17. The van der Waals surface area contributed by atoms with E-state index in [1.807, 2.05) is 6.92 Å². The molecule has 1 amide bonds. The number of carboxylic acids is 1. The van der Waals surface area contributed by atoms with Crippen molar-refractivity contribution in [1.82, 2.24) is 5.32 Å². The molecule has 1 unspecified atom stereocenters. The number of hydrogen-bond acceptors (Lipinski definition) is 3. The molecule has 0 saturated carbocycles. The minimum atomic E-state index is -0.969. The van der Waals surface area contributed by atoms with E-state index in [9.17, 15) is 9.59 Å². The number of aryl methyl sites for hydroxylation is 1. The number of aliphatic carboxylic acids is 1. The predicted octanol–water partition coefficient (Wildman–Crippen LogP) is 1.32. The van der Waals surface area contributed by atoms with Gasteiger partial charge in [0.25, 0.3) is 0 Å². The lowest BCUT2D eigenvalue weighted by atomic mass is 10.1. The van der Waals surface area contributed by atoms with Crippen LogP contribution in [0.2, 0.25) is 0 Å². The van der Waals surface area contributed by atoms with Crippen LogP contribution in [-0.2, 0) is 16.1 Å². The summed E-state index contributed by atoms with van der Waals surface area (Å²) < 4.78 is 5.26. The van der Waals surface area contributed by atoms with Gasteiger partial charge in [-0.2, -0.15) is 0 Å². The fourth-order valence-electron chi connectivity index (χ4n) is 1.20. The van der Waals surface area contributed by atoms with Gasteiger partial charge in [-0.1, -0.05) is 6.92 Å². The van der Waals surface area contributed by atoms with Gasteiger partial charge in [0.15, 0.2) is 0 Å². The molecular weight excluding hydrogens is 210 g/mol. The summed E-state index contributed by atoms with van der Waals surface area (Å²) in [5.41, 5.74) is 0. The lowest BCUT2D eigenvalue weighted by Gasteiger charge is -2.06. The van der Waals surface area contributed by atoms with Crippen LogP contribution in [0.15, 0.2) is 16.5 Å². The Kier molecular flexibility index (Phi) is 4.10. The summed E-state index contributed by atoms with van der Waals surface area (Å²) >= 11 is 0. The lowest BCUT2D eigenvalue weighted by Crippen LogP contribution is -2.26. The summed E-state index contributed by atoms with van der Waals surface area (Å²) in [4.78, 5) is 21.8. The van der Waals surface area contributed by atoms with Gasteiger partial charge in [-0.05, 0) is 19.1 Å². The number of furan rings is 1. The van der Waals surface area contributed by atoms with Crippen molar-refractivity contribution >= 4 is 11.9 Å². The van der Waals surface area contributed by atoms with Gasteiger partial charge in [-0.25, -0.2) is 0 Å². The molecule has 0 bridgehead atoms. The van der Waals surface area contributed by atoms with E-state index in [4.69, 9.17) is 9.52 Å². The summed E-state index contributed by atoms with van der Waals surface area (Å²) in [6, 6.07) is 3.58. The van der Waals surface area contributed by atoms with E-state index in [1.165, 1.54) is 6.92 Å². The Labute approximate surface area is 93.4 Å². The number of hydrogen-bond donors (Lipinski definition) is 2. The zero-order valence-corrected chi connectivity index (χ0v) is 9.32. The summed E-state index contributed by atoms with van der Waals surface area (Å²) in [5, 5.41) is 11.2. The Bertz CT molecular complexity index is 383. The molecule has 0 aromatic carbocycles. The molecule has 0 aliphatic rings. The molecule has 88 valence electrons. The zero-order valence-electron chi connectivity index (χ0n) is 9.32. The first-order chi connectivity index (χ1) is 7.49. The van der Waals surface area contributed by atoms with Crippen LogP contribution in [0.5, 0.6) is 0 Å². The summed E-state index contributed by atoms with van der Waals surface area (Å²) in [5.74, 6) is -0.483. The molecule has 0 aliphatic carbocycles. The number of carbonyl (C=O) groups excluding carboxylic acids is 1. The average Bonchev–Trinajstić information content (AvgIpc) is 2.61. The Balaban J connectivity index is 2.33. The first kappa shape index (κ1) is 12.3. The Morgan fingerprint density at radius 1 is 1.50 bits per heavy atom. The van der Waals surface area contributed by atoms with Crippen molar-refractivity contribution < 1.29 is 19.1 Å². The third-order valence-corrected chi connectivity index (χ3v) is 2.17. The van der Waals surface area contributed by atoms with Crippen LogP contribution >= 0.6 is 0 Å². The molecule has 0 radical (unpaired) electrons. The highest BCUT2D eigenvalue weighted by molar-refractivity contribution is 5.81. The first-order valence-corrected chi connectivity index (χ1v) is 5.04. The van der Waals surface area contributed by atoms with Crippen molar-refractivity contribution in [3.63, 3.8) is 0 Å². The maximum absolute atomic E-state index is 11.3. The van der Waals surface area contributed by atoms with Crippen LogP contribution in [0.4, 0.5) is 0 Å². The van der Waals surface area contributed by atoms with Crippen molar-refractivity contribution in [3.05, 3.63) is 23.7 Å². The van der Waals surface area contributed by atoms with E-state index >= 15 is 0 Å². The van der Waals surface area contributed by atoms with Gasteiger partial charge in [0.2, 0.25) is 5.91 Å². The highest BCUT2D eigenvalue weighted by Crippen LogP contribution is 2.06. The molecule has 2 N–H and O–H groups in total. The van der Waals surface area contributed by atoms with Crippen molar-refractivity contribution in [2.24, 2.45) is 5.92 Å². The molecule has 1 rings (SSSR count). The number of carbonyl (C=O) groups is 2. The Morgan fingerprint density at radius 3 is 2.69 bits per heavy atom. The molecule has 1 heterocycles. The molecule has 5 heteroatoms. The maximum atomic E-state index is 11.3. The van der Waals surface area contributed by atoms with E-state index in [0.717, 1.165) is 5.76 Å². The molecular formula is C11H15NO4. The minimum absolute atomic E-state index is 0.0188. The second kappa shape index (κ2) is 5.34. The molecule has 16 heavy (non-hydrogen) atoms. The van der Waals surface area contributed by atoms with E-state index < -0.39 is 11.9 Å². The van der Waals surface area contributed by atoms with Crippen LogP contribution in [0.3, 0.4) is 0 Å². The van der Waals surface area contributed by atoms with E-state index in [1.54, 1.807) is 12.1 Å². The van der Waals surface area contributed by atoms with Crippen LogP contribution in [0, 0.1) is 12.8 Å². The number of rotatable bonds is 5. The Hall–Kier alpha value is -1.78. The highest BCUT2D eigenvalue weighted by atomic mass is 16.4. The minimum Gasteiger partial charge on any atom is -0.481 e. The van der Waals surface area contributed by atoms with Crippen molar-refractivity contribution in [2.45, 2.75) is 26.8 Å². The van der Waals surface area contributed by atoms with E-state index in [2.05, 4.69) is 5.32 Å². The molecule has 5 nitrogen and oxygen atoms in total. The van der Waals surface area contributed by atoms with Crippen molar-refractivity contribution in [1.29, 1.82) is 0 Å². The molecule has 1 atom stereocenters. The van der Waals surface area contributed by atoms with Gasteiger partial charge in [0, 0.05) is 6.42 Å². The van der Waals surface area contributed by atoms with Crippen molar-refractivity contribution in [3.8, 4) is 0 Å². The molecule has 0 saturated heterocycles. The molecule has 1 aromatic rings. The topological polar surface area (TPSA) is 79.5 Å². The molecule has 1 aromatic heterocycles. The van der Waals surface area contributed by atoms with Crippen molar-refractivity contribution in [2.75, 3.05) is 0 Å².